The van der Waals surface area contributed by atoms with Gasteiger partial charge < -0.3 is 16.0 Å². The normalized spacial score (nSPS) is 12.7. The van der Waals surface area contributed by atoms with Crippen molar-refractivity contribution in [1.82, 2.24) is 10.6 Å². The number of carbonyl (C=O) groups is 2. The molecule has 0 aliphatic heterocycles. The number of anilines is 1. The maximum atomic E-state index is 12.6. The lowest BCUT2D eigenvalue weighted by molar-refractivity contribution is -0.124. The summed E-state index contributed by atoms with van der Waals surface area (Å²) in [5.74, 6) is -0.136. The second-order valence-corrected chi connectivity index (χ2v) is 7.41. The largest absolute Gasteiger partial charge is 0.354 e. The number of benzene rings is 2. The monoisotopic (exact) mass is 431 g/mol. The summed E-state index contributed by atoms with van der Waals surface area (Å²) in [5.41, 5.74) is 1.84. The van der Waals surface area contributed by atoms with E-state index in [0.717, 1.165) is 17.3 Å². The molecule has 2 aromatic carbocycles. The second-order valence-electron chi connectivity index (χ2n) is 6.50. The van der Waals surface area contributed by atoms with Crippen molar-refractivity contribution in [2.45, 2.75) is 32.7 Å². The minimum Gasteiger partial charge on any atom is -0.354 e. The van der Waals surface area contributed by atoms with E-state index < -0.39 is 6.04 Å². The zero-order valence-electron chi connectivity index (χ0n) is 15.7. The molecule has 0 heterocycles. The lowest BCUT2D eigenvalue weighted by atomic mass is 9.98. The molecule has 3 N–H and O–H groups in total. The maximum Gasteiger partial charge on any atom is 0.319 e. The average Bonchev–Trinajstić information content (AvgIpc) is 2.68. The molecular formula is C21H26BrN3O2. The summed E-state index contributed by atoms with van der Waals surface area (Å²) < 4.78 is 0.934. The van der Waals surface area contributed by atoms with Crippen molar-refractivity contribution in [2.75, 3.05) is 11.9 Å². The zero-order chi connectivity index (χ0) is 19.6. The standard InChI is InChI=1S/C21H26BrN3O2/c1-3-15(2)19(20(26)23-14-13-16-7-5-4-6-8-16)25-21(27)24-18-11-9-17(22)10-12-18/h4-12,15,19H,3,13-14H2,1-2H3,(H,23,26)(H2,24,25,27). The third-order valence-corrected chi connectivity index (χ3v) is 4.97. The van der Waals surface area contributed by atoms with E-state index in [1.54, 1.807) is 12.1 Å². The third-order valence-electron chi connectivity index (χ3n) is 4.44. The summed E-state index contributed by atoms with van der Waals surface area (Å²) in [6, 6.07) is 16.3. The average molecular weight is 432 g/mol. The highest BCUT2D eigenvalue weighted by Crippen LogP contribution is 2.14. The van der Waals surface area contributed by atoms with Gasteiger partial charge in [-0.25, -0.2) is 4.79 Å². The molecule has 2 aromatic rings. The van der Waals surface area contributed by atoms with E-state index in [1.807, 2.05) is 56.3 Å². The first-order valence-corrected chi connectivity index (χ1v) is 9.93. The van der Waals surface area contributed by atoms with E-state index in [1.165, 1.54) is 5.56 Å². The second kappa shape index (κ2) is 10.7. The molecule has 144 valence electrons. The number of hydrogen-bond donors (Lipinski definition) is 3. The van der Waals surface area contributed by atoms with Crippen molar-refractivity contribution in [3.05, 3.63) is 64.6 Å². The van der Waals surface area contributed by atoms with E-state index in [2.05, 4.69) is 31.9 Å². The fourth-order valence-electron chi connectivity index (χ4n) is 2.63. The Morgan fingerprint density at radius 3 is 2.33 bits per heavy atom. The molecular weight excluding hydrogens is 406 g/mol. The molecule has 0 bridgehead atoms. The molecule has 27 heavy (non-hydrogen) atoms. The molecule has 0 saturated carbocycles. The van der Waals surface area contributed by atoms with Crippen molar-refractivity contribution >= 4 is 33.6 Å². The molecule has 0 radical (unpaired) electrons. The lowest BCUT2D eigenvalue weighted by Gasteiger charge is -2.23. The van der Waals surface area contributed by atoms with Crippen LogP contribution in [0.25, 0.3) is 0 Å². The smallest absolute Gasteiger partial charge is 0.319 e. The van der Waals surface area contributed by atoms with Gasteiger partial charge in [0.1, 0.15) is 6.04 Å². The fraction of sp³-hybridized carbons (Fsp3) is 0.333. The highest BCUT2D eigenvalue weighted by Gasteiger charge is 2.25. The van der Waals surface area contributed by atoms with Gasteiger partial charge in [0.05, 0.1) is 0 Å². The predicted molar refractivity (Wildman–Crippen MR) is 113 cm³/mol. The number of carbonyl (C=O) groups excluding carboxylic acids is 2. The van der Waals surface area contributed by atoms with Crippen LogP contribution in [0.5, 0.6) is 0 Å². The van der Waals surface area contributed by atoms with Crippen LogP contribution >= 0.6 is 15.9 Å². The SMILES string of the molecule is CCC(C)C(NC(=O)Nc1ccc(Br)cc1)C(=O)NCCc1ccccc1. The Morgan fingerprint density at radius 2 is 1.70 bits per heavy atom. The van der Waals surface area contributed by atoms with Gasteiger partial charge in [-0.05, 0) is 42.2 Å². The minimum atomic E-state index is -0.582. The number of amides is 3. The third kappa shape index (κ3) is 7.06. The van der Waals surface area contributed by atoms with Gasteiger partial charge in [0.25, 0.3) is 0 Å². The van der Waals surface area contributed by atoms with Crippen LogP contribution in [0, 0.1) is 5.92 Å². The lowest BCUT2D eigenvalue weighted by Crippen LogP contribution is -2.51. The Labute approximate surface area is 169 Å². The predicted octanol–water partition coefficient (Wildman–Crippen LogP) is 4.34. The van der Waals surface area contributed by atoms with Crippen molar-refractivity contribution in [1.29, 1.82) is 0 Å². The Morgan fingerprint density at radius 1 is 1.04 bits per heavy atom. The number of hydrogen-bond acceptors (Lipinski definition) is 2. The van der Waals surface area contributed by atoms with E-state index in [9.17, 15) is 9.59 Å². The van der Waals surface area contributed by atoms with Crippen LogP contribution in [0.15, 0.2) is 59.1 Å². The summed E-state index contributed by atoms with van der Waals surface area (Å²) in [6.45, 7) is 4.50. The number of rotatable bonds is 8. The fourth-order valence-corrected chi connectivity index (χ4v) is 2.89. The van der Waals surface area contributed by atoms with E-state index in [4.69, 9.17) is 0 Å². The van der Waals surface area contributed by atoms with Gasteiger partial charge in [0, 0.05) is 16.7 Å². The van der Waals surface area contributed by atoms with Crippen molar-refractivity contribution in [3.63, 3.8) is 0 Å². The molecule has 0 aromatic heterocycles. The summed E-state index contributed by atoms with van der Waals surface area (Å²) in [4.78, 5) is 24.9. The van der Waals surface area contributed by atoms with Gasteiger partial charge in [0.2, 0.25) is 5.91 Å². The van der Waals surface area contributed by atoms with Crippen LogP contribution in [0.2, 0.25) is 0 Å². The molecule has 2 unspecified atom stereocenters. The van der Waals surface area contributed by atoms with Crippen molar-refractivity contribution < 1.29 is 9.59 Å². The number of halogens is 1. The van der Waals surface area contributed by atoms with E-state index in [-0.39, 0.29) is 17.9 Å². The van der Waals surface area contributed by atoms with Crippen LogP contribution in [0.4, 0.5) is 10.5 Å². The molecule has 0 fully saturated rings. The first kappa shape index (κ1) is 21.0. The molecule has 2 rings (SSSR count). The maximum absolute atomic E-state index is 12.6. The van der Waals surface area contributed by atoms with Gasteiger partial charge in [-0.15, -0.1) is 0 Å². The Balaban J connectivity index is 1.89. The first-order valence-electron chi connectivity index (χ1n) is 9.14. The molecule has 0 aliphatic carbocycles. The van der Waals surface area contributed by atoms with E-state index >= 15 is 0 Å². The summed E-state index contributed by atoms with van der Waals surface area (Å²) in [6.07, 6.45) is 1.54. The van der Waals surface area contributed by atoms with Crippen LogP contribution in [-0.2, 0) is 11.2 Å². The first-order chi connectivity index (χ1) is 13.0. The molecule has 0 aliphatic rings. The molecule has 3 amide bonds. The van der Waals surface area contributed by atoms with Gasteiger partial charge in [0.15, 0.2) is 0 Å². The molecule has 0 spiro atoms. The van der Waals surface area contributed by atoms with Crippen LogP contribution in [0.3, 0.4) is 0 Å². The molecule has 5 nitrogen and oxygen atoms in total. The van der Waals surface area contributed by atoms with Crippen molar-refractivity contribution in [3.8, 4) is 0 Å². The Kier molecular flexibility index (Phi) is 8.33. The summed E-state index contributed by atoms with van der Waals surface area (Å²) in [7, 11) is 0. The molecule has 0 saturated heterocycles. The minimum absolute atomic E-state index is 0.0254. The summed E-state index contributed by atoms with van der Waals surface area (Å²) >= 11 is 3.36. The van der Waals surface area contributed by atoms with Gasteiger partial charge >= 0.3 is 6.03 Å². The number of nitrogens with one attached hydrogen (secondary N) is 3. The molecule has 2 atom stereocenters. The van der Waals surface area contributed by atoms with Crippen LogP contribution in [0.1, 0.15) is 25.8 Å². The quantitative estimate of drug-likeness (QED) is 0.581. The van der Waals surface area contributed by atoms with Crippen molar-refractivity contribution in [2.24, 2.45) is 5.92 Å². The highest BCUT2D eigenvalue weighted by atomic mass is 79.9. The zero-order valence-corrected chi connectivity index (χ0v) is 17.3. The summed E-state index contributed by atoms with van der Waals surface area (Å²) in [5, 5.41) is 8.51. The molecule has 6 heteroatoms. The number of urea groups is 1. The Hall–Kier alpha value is -2.34. The van der Waals surface area contributed by atoms with Crippen LogP contribution < -0.4 is 16.0 Å². The van der Waals surface area contributed by atoms with Crippen LogP contribution in [-0.4, -0.2) is 24.5 Å². The Bertz CT molecular complexity index is 735. The highest BCUT2D eigenvalue weighted by molar-refractivity contribution is 9.10. The van der Waals surface area contributed by atoms with E-state index in [0.29, 0.717) is 12.2 Å². The van der Waals surface area contributed by atoms with Gasteiger partial charge in [-0.2, -0.15) is 0 Å². The topological polar surface area (TPSA) is 70.2 Å². The van der Waals surface area contributed by atoms with Gasteiger partial charge in [-0.1, -0.05) is 66.5 Å². The van der Waals surface area contributed by atoms with Gasteiger partial charge in [-0.3, -0.25) is 4.79 Å².